The van der Waals surface area contributed by atoms with Crippen LogP contribution in [0, 0.1) is 0 Å². The van der Waals surface area contributed by atoms with Crippen LogP contribution in [0.3, 0.4) is 0 Å². The van der Waals surface area contributed by atoms with Crippen molar-refractivity contribution in [2.45, 2.75) is 30.6 Å². The van der Waals surface area contributed by atoms with Gasteiger partial charge in [-0.3, -0.25) is 0 Å². The predicted molar refractivity (Wildman–Crippen MR) is 109 cm³/mol. The first-order valence-electron chi connectivity index (χ1n) is 9.41. The van der Waals surface area contributed by atoms with E-state index in [0.29, 0.717) is 26.0 Å². The van der Waals surface area contributed by atoms with E-state index in [4.69, 9.17) is 14.6 Å². The summed E-state index contributed by atoms with van der Waals surface area (Å²) in [6, 6.07) is 14.3. The first-order chi connectivity index (χ1) is 14.0. The summed E-state index contributed by atoms with van der Waals surface area (Å²) in [6.45, 7) is 0.857. The summed E-state index contributed by atoms with van der Waals surface area (Å²) in [6.07, 6.45) is 0.697. The molecule has 29 heavy (non-hydrogen) atoms. The summed E-state index contributed by atoms with van der Waals surface area (Å²) in [5.74, 6) is -0.211. The van der Waals surface area contributed by atoms with E-state index in [1.807, 2.05) is 30.3 Å². The van der Waals surface area contributed by atoms with E-state index in [1.165, 1.54) is 0 Å². The molecular weight excluding hydrogens is 393 g/mol. The average molecular weight is 418 g/mol. The summed E-state index contributed by atoms with van der Waals surface area (Å²) >= 11 is 0. The Morgan fingerprint density at radius 2 is 2.03 bits per heavy atom. The maximum absolute atomic E-state index is 12.0. The van der Waals surface area contributed by atoms with Crippen LogP contribution >= 0.6 is 8.03 Å². The van der Waals surface area contributed by atoms with Crippen LogP contribution in [0.1, 0.15) is 21.5 Å². The molecule has 3 N–H and O–H groups in total. The Morgan fingerprint density at radius 1 is 1.28 bits per heavy atom. The molecule has 2 aromatic rings. The van der Waals surface area contributed by atoms with E-state index in [1.54, 1.807) is 25.3 Å². The second kappa shape index (κ2) is 9.94. The zero-order chi connectivity index (χ0) is 20.8. The van der Waals surface area contributed by atoms with Crippen LogP contribution in [0.15, 0.2) is 48.5 Å². The maximum atomic E-state index is 12.0. The molecule has 0 bridgehead atoms. The van der Waals surface area contributed by atoms with Gasteiger partial charge in [0.1, 0.15) is 11.9 Å². The van der Waals surface area contributed by atoms with Crippen molar-refractivity contribution in [2.24, 2.45) is 0 Å². The SMILES string of the molecule is COc1ccc(CC([C@@H]2CN[C@H](Cc3cccc(C(=O)O)c3)CO2)[P+](=O)O)cc1. The molecule has 4 atom stereocenters. The number of carboxylic acid groups (broad SMARTS) is 1. The maximum Gasteiger partial charge on any atom is 0.511 e. The molecular formula is C21H25NO6P+. The van der Waals surface area contributed by atoms with E-state index in [0.717, 1.165) is 16.9 Å². The summed E-state index contributed by atoms with van der Waals surface area (Å²) in [7, 11) is -0.812. The number of carbonyl (C=O) groups is 1. The molecule has 0 aromatic heterocycles. The van der Waals surface area contributed by atoms with Crippen molar-refractivity contribution >= 4 is 14.0 Å². The molecule has 0 aliphatic carbocycles. The van der Waals surface area contributed by atoms with Gasteiger partial charge >= 0.3 is 14.0 Å². The third-order valence-electron chi connectivity index (χ3n) is 5.09. The van der Waals surface area contributed by atoms with Gasteiger partial charge in [-0.2, -0.15) is 4.89 Å². The monoisotopic (exact) mass is 418 g/mol. The molecule has 0 radical (unpaired) electrons. The lowest BCUT2D eigenvalue weighted by Gasteiger charge is -2.31. The third-order valence-corrected chi connectivity index (χ3v) is 6.17. The van der Waals surface area contributed by atoms with E-state index in [9.17, 15) is 14.3 Å². The van der Waals surface area contributed by atoms with Gasteiger partial charge in [-0.15, -0.1) is 0 Å². The predicted octanol–water partition coefficient (Wildman–Crippen LogP) is 2.64. The van der Waals surface area contributed by atoms with Gasteiger partial charge in [0.2, 0.25) is 5.66 Å². The number of rotatable bonds is 8. The molecule has 1 fully saturated rings. The van der Waals surface area contributed by atoms with Crippen molar-refractivity contribution in [1.82, 2.24) is 5.32 Å². The summed E-state index contributed by atoms with van der Waals surface area (Å²) in [4.78, 5) is 20.9. The molecule has 0 amide bonds. The van der Waals surface area contributed by atoms with Crippen molar-refractivity contribution in [1.29, 1.82) is 0 Å². The van der Waals surface area contributed by atoms with Gasteiger partial charge in [0.25, 0.3) is 0 Å². The van der Waals surface area contributed by atoms with Crippen LogP contribution in [0.2, 0.25) is 0 Å². The van der Waals surface area contributed by atoms with E-state index < -0.39 is 19.7 Å². The molecule has 2 aromatic carbocycles. The van der Waals surface area contributed by atoms with Crippen LogP contribution in [-0.4, -0.2) is 54.0 Å². The van der Waals surface area contributed by atoms with Gasteiger partial charge in [0, 0.05) is 19.0 Å². The topological polar surface area (TPSA) is 105 Å². The second-order valence-electron chi connectivity index (χ2n) is 7.11. The Balaban J connectivity index is 1.57. The zero-order valence-corrected chi connectivity index (χ0v) is 17.0. The number of methoxy groups -OCH3 is 1. The minimum absolute atomic E-state index is 0.0218. The van der Waals surface area contributed by atoms with Crippen molar-refractivity contribution in [2.75, 3.05) is 20.3 Å². The molecule has 1 aliphatic rings. The first kappa shape index (κ1) is 21.4. The molecule has 2 unspecified atom stereocenters. The number of hydrogen-bond acceptors (Lipinski definition) is 5. The average Bonchev–Trinajstić information content (AvgIpc) is 2.73. The lowest BCUT2D eigenvalue weighted by atomic mass is 10.0. The van der Waals surface area contributed by atoms with Crippen molar-refractivity contribution in [3.63, 3.8) is 0 Å². The van der Waals surface area contributed by atoms with Gasteiger partial charge in [-0.05, 0) is 46.4 Å². The standard InChI is InChI=1S/C21H24NO6P/c1-27-18-7-5-14(6-8-18)11-20(29(25)26)19-12-22-17(13-28-19)10-15-3-2-4-16(9-15)21(23)24/h2-9,17,19-20,22H,10-13H2,1H3,(H-,23,24,25,26)/p+1/t17-,19+,20?/m1/s1. The highest BCUT2D eigenvalue weighted by atomic mass is 31.1. The van der Waals surface area contributed by atoms with Crippen molar-refractivity contribution in [3.05, 3.63) is 65.2 Å². The number of hydrogen-bond donors (Lipinski definition) is 3. The fourth-order valence-corrected chi connectivity index (χ4v) is 4.33. The molecule has 7 nitrogen and oxygen atoms in total. The Kier molecular flexibility index (Phi) is 7.34. The quantitative estimate of drug-likeness (QED) is 0.566. The number of aromatic carboxylic acids is 1. The Labute approximate surface area is 170 Å². The summed E-state index contributed by atoms with van der Waals surface area (Å²) < 4.78 is 23.0. The Morgan fingerprint density at radius 3 is 2.62 bits per heavy atom. The van der Waals surface area contributed by atoms with Gasteiger partial charge in [-0.1, -0.05) is 24.3 Å². The van der Waals surface area contributed by atoms with Crippen LogP contribution in [-0.2, 0) is 22.1 Å². The van der Waals surface area contributed by atoms with Crippen LogP contribution in [0.5, 0.6) is 5.75 Å². The van der Waals surface area contributed by atoms with Crippen molar-refractivity contribution < 1.29 is 28.8 Å². The normalized spacial score (nSPS) is 20.7. The number of benzene rings is 2. The highest BCUT2D eigenvalue weighted by Gasteiger charge is 2.40. The third kappa shape index (κ3) is 5.84. The number of ether oxygens (including phenoxy) is 2. The molecule has 1 aliphatic heterocycles. The summed E-state index contributed by atoms with van der Waals surface area (Å²) in [5.41, 5.74) is 1.60. The van der Waals surface area contributed by atoms with E-state index in [2.05, 4.69) is 5.32 Å². The van der Waals surface area contributed by atoms with E-state index >= 15 is 0 Å². The Bertz CT molecular complexity index is 849. The van der Waals surface area contributed by atoms with Gasteiger partial charge in [0.05, 0.1) is 19.3 Å². The zero-order valence-electron chi connectivity index (χ0n) is 16.2. The number of morpholine rings is 1. The minimum Gasteiger partial charge on any atom is -0.497 e. The van der Waals surface area contributed by atoms with Crippen molar-refractivity contribution in [3.8, 4) is 5.75 Å². The second-order valence-corrected chi connectivity index (χ2v) is 8.38. The number of carboxylic acids is 1. The smallest absolute Gasteiger partial charge is 0.497 e. The number of nitrogens with one attached hydrogen (secondary N) is 1. The molecule has 1 saturated heterocycles. The lowest BCUT2D eigenvalue weighted by molar-refractivity contribution is 0.00137. The molecule has 1 heterocycles. The van der Waals surface area contributed by atoms with Gasteiger partial charge in [0.15, 0.2) is 0 Å². The van der Waals surface area contributed by atoms with Crippen LogP contribution in [0.25, 0.3) is 0 Å². The fourth-order valence-electron chi connectivity index (χ4n) is 3.49. The molecule has 154 valence electrons. The molecule has 3 rings (SSSR count). The van der Waals surface area contributed by atoms with Gasteiger partial charge in [-0.25, -0.2) is 4.79 Å². The molecule has 0 saturated carbocycles. The minimum atomic E-state index is -2.41. The fraction of sp³-hybridized carbons (Fsp3) is 0.381. The van der Waals surface area contributed by atoms with E-state index in [-0.39, 0.29) is 17.7 Å². The highest BCUT2D eigenvalue weighted by molar-refractivity contribution is 7.39. The largest absolute Gasteiger partial charge is 0.511 e. The van der Waals surface area contributed by atoms with Crippen LogP contribution < -0.4 is 10.1 Å². The highest BCUT2D eigenvalue weighted by Crippen LogP contribution is 2.31. The summed E-state index contributed by atoms with van der Waals surface area (Å²) in [5, 5.41) is 12.5. The molecule has 8 heteroatoms. The molecule has 0 spiro atoms. The Hall–Kier alpha value is -2.31. The van der Waals surface area contributed by atoms with Crippen LogP contribution in [0.4, 0.5) is 0 Å². The first-order valence-corrected chi connectivity index (χ1v) is 10.7. The lowest BCUT2D eigenvalue weighted by Crippen LogP contribution is -2.51. The van der Waals surface area contributed by atoms with Gasteiger partial charge < -0.3 is 19.9 Å².